The van der Waals surface area contributed by atoms with Gasteiger partial charge in [-0.15, -0.1) is 0 Å². The van der Waals surface area contributed by atoms with E-state index in [-0.39, 0.29) is 13.8 Å². The first-order chi connectivity index (χ1) is 7.24. The SMILES string of the molecule is OB1CCC(OC2CCB(O)CC2)CC1. The highest BCUT2D eigenvalue weighted by atomic mass is 16.5. The maximum Gasteiger partial charge on any atom is 0.289 e. The zero-order valence-corrected chi connectivity index (χ0v) is 9.27. The Morgan fingerprint density at radius 2 is 1.07 bits per heavy atom. The summed E-state index contributed by atoms with van der Waals surface area (Å²) in [6.07, 6.45) is 8.27. The van der Waals surface area contributed by atoms with Crippen LogP contribution in [0, 0.1) is 0 Å². The second-order valence-electron chi connectivity index (χ2n) is 5.00. The van der Waals surface area contributed by atoms with Gasteiger partial charge in [-0.1, -0.05) is 0 Å². The lowest BCUT2D eigenvalue weighted by atomic mass is 9.55. The van der Waals surface area contributed by atoms with Gasteiger partial charge in [0, 0.05) is 0 Å². The van der Waals surface area contributed by atoms with Crippen LogP contribution in [0.3, 0.4) is 0 Å². The van der Waals surface area contributed by atoms with Crippen molar-refractivity contribution >= 4 is 13.8 Å². The van der Waals surface area contributed by atoms with Crippen LogP contribution in [0.5, 0.6) is 0 Å². The van der Waals surface area contributed by atoms with Crippen molar-refractivity contribution < 1.29 is 14.8 Å². The predicted octanol–water partition coefficient (Wildman–Crippen LogP) is 1.30. The Bertz CT molecular complexity index is 167. The summed E-state index contributed by atoms with van der Waals surface area (Å²) in [5.74, 6) is 0. The van der Waals surface area contributed by atoms with E-state index in [9.17, 15) is 10.0 Å². The molecule has 0 saturated carbocycles. The molecule has 0 aromatic heterocycles. The summed E-state index contributed by atoms with van der Waals surface area (Å²) in [7, 11) is 0. The standard InChI is InChI=1S/C10H20B2O3/c13-11-5-1-9(2-6-11)15-10-3-7-12(14)8-4-10/h9-10,13-14H,1-8H2. The Labute approximate surface area is 92.4 Å². The van der Waals surface area contributed by atoms with Crippen LogP contribution in [-0.4, -0.2) is 36.1 Å². The third-order valence-electron chi connectivity index (χ3n) is 3.67. The number of hydrogen-bond donors (Lipinski definition) is 2. The molecule has 0 amide bonds. The van der Waals surface area contributed by atoms with Crippen LogP contribution in [0.1, 0.15) is 25.7 Å². The number of rotatable bonds is 2. The summed E-state index contributed by atoms with van der Waals surface area (Å²) in [6, 6.07) is 0. The Morgan fingerprint density at radius 1 is 0.733 bits per heavy atom. The van der Waals surface area contributed by atoms with E-state index in [1.54, 1.807) is 0 Å². The maximum absolute atomic E-state index is 9.38. The van der Waals surface area contributed by atoms with Crippen molar-refractivity contribution in [3.05, 3.63) is 0 Å². The van der Waals surface area contributed by atoms with Crippen molar-refractivity contribution in [1.82, 2.24) is 0 Å². The van der Waals surface area contributed by atoms with E-state index in [2.05, 4.69) is 0 Å². The Hall–Kier alpha value is 0.00987. The second-order valence-corrected chi connectivity index (χ2v) is 5.00. The summed E-state index contributed by atoms with van der Waals surface area (Å²) in [5, 5.41) is 18.8. The zero-order valence-electron chi connectivity index (χ0n) is 9.27. The topological polar surface area (TPSA) is 49.7 Å². The summed E-state index contributed by atoms with van der Waals surface area (Å²) in [6.45, 7) is -0.198. The molecule has 5 heteroatoms. The van der Waals surface area contributed by atoms with E-state index in [0.29, 0.717) is 12.2 Å². The fourth-order valence-corrected chi connectivity index (χ4v) is 2.63. The molecule has 84 valence electrons. The normalized spacial score (nSPS) is 26.0. The smallest absolute Gasteiger partial charge is 0.289 e. The van der Waals surface area contributed by atoms with Gasteiger partial charge in [-0.2, -0.15) is 0 Å². The summed E-state index contributed by atoms with van der Waals surface area (Å²) in [4.78, 5) is 0. The molecule has 0 aliphatic carbocycles. The van der Waals surface area contributed by atoms with Crippen molar-refractivity contribution in [3.63, 3.8) is 0 Å². The third-order valence-corrected chi connectivity index (χ3v) is 3.67. The van der Waals surface area contributed by atoms with Crippen molar-refractivity contribution in [1.29, 1.82) is 0 Å². The molecule has 0 unspecified atom stereocenters. The van der Waals surface area contributed by atoms with Gasteiger partial charge in [0.15, 0.2) is 0 Å². The number of ether oxygens (including phenoxy) is 1. The molecule has 2 fully saturated rings. The third kappa shape index (κ3) is 3.51. The average molecular weight is 210 g/mol. The van der Waals surface area contributed by atoms with Gasteiger partial charge in [-0.3, -0.25) is 0 Å². The maximum atomic E-state index is 9.38. The summed E-state index contributed by atoms with van der Waals surface area (Å²) >= 11 is 0. The van der Waals surface area contributed by atoms with Crippen LogP contribution >= 0.6 is 0 Å². The molecule has 2 heterocycles. The van der Waals surface area contributed by atoms with Gasteiger partial charge in [0.25, 0.3) is 13.8 Å². The molecule has 0 aromatic rings. The predicted molar refractivity (Wildman–Crippen MR) is 62.3 cm³/mol. The van der Waals surface area contributed by atoms with Crippen molar-refractivity contribution in [2.24, 2.45) is 0 Å². The molecule has 2 aliphatic heterocycles. The van der Waals surface area contributed by atoms with E-state index in [0.717, 1.165) is 51.0 Å². The molecule has 15 heavy (non-hydrogen) atoms. The van der Waals surface area contributed by atoms with Crippen LogP contribution in [-0.2, 0) is 4.74 Å². The van der Waals surface area contributed by atoms with E-state index in [4.69, 9.17) is 4.74 Å². The van der Waals surface area contributed by atoms with Crippen LogP contribution in [0.2, 0.25) is 25.3 Å². The van der Waals surface area contributed by atoms with Crippen LogP contribution in [0.15, 0.2) is 0 Å². The van der Waals surface area contributed by atoms with Gasteiger partial charge in [0.1, 0.15) is 0 Å². The van der Waals surface area contributed by atoms with Gasteiger partial charge in [0.2, 0.25) is 0 Å². The lowest BCUT2D eigenvalue weighted by molar-refractivity contribution is -0.0249. The molecule has 0 radical (unpaired) electrons. The molecule has 0 atom stereocenters. The molecule has 2 aliphatic rings. The van der Waals surface area contributed by atoms with E-state index in [1.165, 1.54) is 0 Å². The van der Waals surface area contributed by atoms with Crippen LogP contribution in [0.4, 0.5) is 0 Å². The first kappa shape index (κ1) is 11.5. The first-order valence-electron chi connectivity index (χ1n) is 6.25. The first-order valence-corrected chi connectivity index (χ1v) is 6.25. The largest absolute Gasteiger partial charge is 0.450 e. The summed E-state index contributed by atoms with van der Waals surface area (Å²) in [5.41, 5.74) is 0. The minimum absolute atomic E-state index is 0.0990. The van der Waals surface area contributed by atoms with E-state index >= 15 is 0 Å². The highest BCUT2D eigenvalue weighted by Gasteiger charge is 2.28. The van der Waals surface area contributed by atoms with Gasteiger partial charge in [0.05, 0.1) is 12.2 Å². The Morgan fingerprint density at radius 3 is 1.40 bits per heavy atom. The molecular weight excluding hydrogens is 190 g/mol. The zero-order chi connectivity index (χ0) is 10.7. The van der Waals surface area contributed by atoms with Gasteiger partial charge < -0.3 is 14.8 Å². The fraction of sp³-hybridized carbons (Fsp3) is 1.00. The van der Waals surface area contributed by atoms with Crippen molar-refractivity contribution in [2.45, 2.75) is 63.2 Å². The van der Waals surface area contributed by atoms with Gasteiger partial charge in [-0.05, 0) is 51.0 Å². The minimum atomic E-state index is -0.0990. The second kappa shape index (κ2) is 5.37. The molecular formula is C10H20B2O3. The van der Waals surface area contributed by atoms with E-state index < -0.39 is 0 Å². The van der Waals surface area contributed by atoms with Gasteiger partial charge in [-0.25, -0.2) is 0 Å². The minimum Gasteiger partial charge on any atom is -0.450 e. The Balaban J connectivity index is 1.68. The highest BCUT2D eigenvalue weighted by molar-refractivity contribution is 6.50. The molecule has 2 N–H and O–H groups in total. The molecule has 0 spiro atoms. The van der Waals surface area contributed by atoms with Gasteiger partial charge >= 0.3 is 0 Å². The quantitative estimate of drug-likeness (QED) is 0.675. The highest BCUT2D eigenvalue weighted by Crippen LogP contribution is 2.27. The van der Waals surface area contributed by atoms with Crippen molar-refractivity contribution in [3.8, 4) is 0 Å². The molecule has 0 bridgehead atoms. The molecule has 2 rings (SSSR count). The van der Waals surface area contributed by atoms with Crippen molar-refractivity contribution in [2.75, 3.05) is 0 Å². The van der Waals surface area contributed by atoms with Crippen LogP contribution in [0.25, 0.3) is 0 Å². The van der Waals surface area contributed by atoms with Crippen LogP contribution < -0.4 is 0 Å². The average Bonchev–Trinajstić information content (AvgIpc) is 2.25. The monoisotopic (exact) mass is 210 g/mol. The molecule has 0 aromatic carbocycles. The molecule has 3 nitrogen and oxygen atoms in total. The summed E-state index contributed by atoms with van der Waals surface area (Å²) < 4.78 is 6.01. The Kier molecular flexibility index (Phi) is 4.12. The van der Waals surface area contributed by atoms with E-state index in [1.807, 2.05) is 0 Å². The molecule has 2 saturated heterocycles. The lowest BCUT2D eigenvalue weighted by Gasteiger charge is -2.31. The lowest BCUT2D eigenvalue weighted by Crippen LogP contribution is -2.33. The number of hydrogen-bond acceptors (Lipinski definition) is 3. The fourth-order valence-electron chi connectivity index (χ4n) is 2.63.